The van der Waals surface area contributed by atoms with Crippen molar-refractivity contribution < 1.29 is 26.3 Å². The highest BCUT2D eigenvalue weighted by Gasteiger charge is 2.37. The van der Waals surface area contributed by atoms with E-state index in [2.05, 4.69) is 20.9 Å². The Hall–Kier alpha value is -1.78. The number of nitrogens with zero attached hydrogens (tertiary/aromatic N) is 2. The van der Waals surface area contributed by atoms with Gasteiger partial charge in [-0.05, 0) is 30.3 Å². The fourth-order valence-electron chi connectivity index (χ4n) is 2.68. The van der Waals surface area contributed by atoms with Crippen LogP contribution in [0.5, 0.6) is 0 Å². The largest absolute Gasteiger partial charge is 0.416 e. The van der Waals surface area contributed by atoms with Crippen molar-refractivity contribution in [3.63, 3.8) is 0 Å². The van der Waals surface area contributed by atoms with Gasteiger partial charge < -0.3 is 0 Å². The Labute approximate surface area is 177 Å². The van der Waals surface area contributed by atoms with Crippen molar-refractivity contribution in [3.8, 4) is 5.69 Å². The third-order valence-corrected chi connectivity index (χ3v) is 4.92. The molecule has 0 saturated carbocycles. The number of rotatable bonds is 2. The molecule has 0 atom stereocenters. The van der Waals surface area contributed by atoms with Crippen molar-refractivity contribution >= 4 is 50.0 Å². The molecule has 1 heterocycles. The maximum absolute atomic E-state index is 13.2. The molecule has 0 fully saturated rings. The van der Waals surface area contributed by atoms with Crippen LogP contribution < -0.4 is 5.56 Å². The van der Waals surface area contributed by atoms with E-state index in [1.807, 2.05) is 0 Å². The summed E-state index contributed by atoms with van der Waals surface area (Å²) in [5.74, 6) is -0.140. The number of fused-ring (bicyclic) bond motifs is 1. The van der Waals surface area contributed by atoms with Crippen molar-refractivity contribution in [2.75, 3.05) is 0 Å². The van der Waals surface area contributed by atoms with Gasteiger partial charge in [-0.3, -0.25) is 9.36 Å². The molecule has 0 aliphatic heterocycles. The summed E-state index contributed by atoms with van der Waals surface area (Å²) in [6, 6.07) is 3.37. The van der Waals surface area contributed by atoms with Crippen LogP contribution in [-0.4, -0.2) is 9.55 Å². The number of aromatic nitrogens is 2. The predicted molar refractivity (Wildman–Crippen MR) is 100.0 cm³/mol. The summed E-state index contributed by atoms with van der Waals surface area (Å²) < 4.78 is 79.7. The van der Waals surface area contributed by atoms with Gasteiger partial charge in [0.15, 0.2) is 0 Å². The van der Waals surface area contributed by atoms with Crippen molar-refractivity contribution in [1.82, 2.24) is 9.55 Å². The number of alkyl halides is 7. The van der Waals surface area contributed by atoms with Gasteiger partial charge >= 0.3 is 12.4 Å². The van der Waals surface area contributed by atoms with Gasteiger partial charge in [-0.1, -0.05) is 39.1 Å². The Morgan fingerprint density at radius 1 is 0.931 bits per heavy atom. The topological polar surface area (TPSA) is 34.9 Å². The van der Waals surface area contributed by atoms with Crippen LogP contribution in [-0.2, 0) is 17.7 Å². The average Bonchev–Trinajstić information content (AvgIpc) is 2.60. The van der Waals surface area contributed by atoms with Gasteiger partial charge in [-0.25, -0.2) is 4.98 Å². The molecule has 0 unspecified atom stereocenters. The van der Waals surface area contributed by atoms with E-state index in [-0.39, 0.29) is 38.2 Å². The first kappa shape index (κ1) is 21.9. The highest BCUT2D eigenvalue weighted by atomic mass is 79.9. The van der Waals surface area contributed by atoms with Gasteiger partial charge in [0.2, 0.25) is 0 Å². The predicted octanol–water partition coefficient (Wildman–Crippen LogP) is 6.63. The first-order valence-electron chi connectivity index (χ1n) is 7.59. The second-order valence-corrected chi connectivity index (χ2v) is 7.25. The van der Waals surface area contributed by atoms with Crippen LogP contribution in [0.4, 0.5) is 26.3 Å². The molecule has 1 aromatic heterocycles. The van der Waals surface area contributed by atoms with E-state index < -0.39 is 34.7 Å². The van der Waals surface area contributed by atoms with E-state index in [4.69, 9.17) is 23.2 Å². The minimum Gasteiger partial charge on any atom is -0.268 e. The SMILES string of the molecule is O=c1c2cc(Cl)cc(Cl)c2nc(CBr)n1-c1cc(C(F)(F)F)cc(C(F)(F)F)c1. The lowest BCUT2D eigenvalue weighted by molar-refractivity contribution is -0.143. The molecule has 3 nitrogen and oxygen atoms in total. The second-order valence-electron chi connectivity index (χ2n) is 5.85. The summed E-state index contributed by atoms with van der Waals surface area (Å²) in [5, 5.41) is -0.230. The minimum absolute atomic E-state index is 0.0129. The third kappa shape index (κ3) is 4.24. The van der Waals surface area contributed by atoms with Crippen LogP contribution in [0.3, 0.4) is 0 Å². The van der Waals surface area contributed by atoms with Gasteiger partial charge in [0.25, 0.3) is 5.56 Å². The van der Waals surface area contributed by atoms with E-state index in [0.29, 0.717) is 16.7 Å². The molecule has 0 N–H and O–H groups in total. The zero-order valence-electron chi connectivity index (χ0n) is 13.8. The van der Waals surface area contributed by atoms with Crippen LogP contribution in [0, 0.1) is 0 Å². The standard InChI is InChI=1S/C17H7BrCl2F6N2O/c18-6-13-27-14-11(4-9(19)5-12(14)20)15(29)28(13)10-2-7(16(21,22)23)1-8(3-10)17(24,25)26/h1-5H,6H2. The number of hydrogen-bond acceptors (Lipinski definition) is 2. The molecule has 0 amide bonds. The normalized spacial score (nSPS) is 12.6. The molecular weight excluding hydrogens is 513 g/mol. The zero-order valence-corrected chi connectivity index (χ0v) is 16.9. The fourth-order valence-corrected chi connectivity index (χ4v) is 3.59. The van der Waals surface area contributed by atoms with Gasteiger partial charge in [-0.15, -0.1) is 0 Å². The lowest BCUT2D eigenvalue weighted by Gasteiger charge is -2.17. The van der Waals surface area contributed by atoms with Crippen LogP contribution >= 0.6 is 39.1 Å². The molecule has 0 bridgehead atoms. The molecule has 2 aromatic carbocycles. The summed E-state index contributed by atoms with van der Waals surface area (Å²) in [6.07, 6.45) is -10.1. The quantitative estimate of drug-likeness (QED) is 0.281. The maximum Gasteiger partial charge on any atom is 0.416 e. The van der Waals surface area contributed by atoms with Gasteiger partial charge in [0, 0.05) is 5.02 Å². The maximum atomic E-state index is 13.2. The molecule has 12 heteroatoms. The molecule has 0 radical (unpaired) electrons. The highest BCUT2D eigenvalue weighted by molar-refractivity contribution is 9.08. The van der Waals surface area contributed by atoms with E-state index in [9.17, 15) is 31.1 Å². The van der Waals surface area contributed by atoms with Gasteiger partial charge in [-0.2, -0.15) is 26.3 Å². The Kier molecular flexibility index (Phi) is 5.65. The van der Waals surface area contributed by atoms with Crippen molar-refractivity contribution in [2.24, 2.45) is 0 Å². The molecule has 3 aromatic rings. The summed E-state index contributed by atoms with van der Waals surface area (Å²) in [4.78, 5) is 17.1. The second kappa shape index (κ2) is 7.48. The number of hydrogen-bond donors (Lipinski definition) is 0. The first-order chi connectivity index (χ1) is 13.3. The van der Waals surface area contributed by atoms with Crippen molar-refractivity contribution in [3.05, 3.63) is 67.7 Å². The van der Waals surface area contributed by atoms with E-state index in [1.165, 1.54) is 12.1 Å². The zero-order chi connectivity index (χ0) is 21.7. The summed E-state index contributed by atoms with van der Waals surface area (Å²) in [5.41, 5.74) is -4.65. The molecular formula is C17H7BrCl2F6N2O. The van der Waals surface area contributed by atoms with Crippen LogP contribution in [0.2, 0.25) is 10.0 Å². The number of benzene rings is 2. The number of halogens is 9. The molecule has 0 saturated heterocycles. The van der Waals surface area contributed by atoms with Crippen LogP contribution in [0.1, 0.15) is 17.0 Å². The smallest absolute Gasteiger partial charge is 0.268 e. The van der Waals surface area contributed by atoms with Gasteiger partial charge in [0.1, 0.15) is 5.82 Å². The lowest BCUT2D eigenvalue weighted by Crippen LogP contribution is -2.24. The van der Waals surface area contributed by atoms with Crippen LogP contribution in [0.15, 0.2) is 35.1 Å². The Morgan fingerprint density at radius 3 is 1.97 bits per heavy atom. The van der Waals surface area contributed by atoms with Gasteiger partial charge in [0.05, 0.1) is 38.1 Å². The van der Waals surface area contributed by atoms with Crippen molar-refractivity contribution in [1.29, 1.82) is 0 Å². The van der Waals surface area contributed by atoms with E-state index in [0.717, 1.165) is 0 Å². The fraction of sp³-hybridized carbons (Fsp3) is 0.176. The summed E-state index contributed by atoms with van der Waals surface area (Å²) >= 11 is 14.9. The molecule has 3 rings (SSSR count). The Bertz CT molecular complexity index is 1140. The summed E-state index contributed by atoms with van der Waals surface area (Å²) in [7, 11) is 0. The lowest BCUT2D eigenvalue weighted by atomic mass is 10.1. The van der Waals surface area contributed by atoms with E-state index in [1.54, 1.807) is 0 Å². The van der Waals surface area contributed by atoms with E-state index >= 15 is 0 Å². The Balaban J connectivity index is 2.44. The average molecular weight is 520 g/mol. The first-order valence-corrected chi connectivity index (χ1v) is 9.47. The molecule has 0 aliphatic carbocycles. The molecule has 154 valence electrons. The molecule has 0 spiro atoms. The van der Waals surface area contributed by atoms with Crippen LogP contribution in [0.25, 0.3) is 16.6 Å². The molecule has 0 aliphatic rings. The minimum atomic E-state index is -5.06. The third-order valence-electron chi connectivity index (χ3n) is 3.91. The summed E-state index contributed by atoms with van der Waals surface area (Å²) in [6.45, 7) is 0. The molecule has 29 heavy (non-hydrogen) atoms. The highest BCUT2D eigenvalue weighted by Crippen LogP contribution is 2.37. The van der Waals surface area contributed by atoms with Crippen molar-refractivity contribution in [2.45, 2.75) is 17.7 Å². The Morgan fingerprint density at radius 2 is 1.48 bits per heavy atom. The monoisotopic (exact) mass is 518 g/mol.